The predicted molar refractivity (Wildman–Crippen MR) is 67.2 cm³/mol. The Hall–Kier alpha value is -1.03. The van der Waals surface area contributed by atoms with Crippen LogP contribution in [0.3, 0.4) is 0 Å². The number of nitrogens with one attached hydrogen (secondary N) is 1. The highest BCUT2D eigenvalue weighted by atomic mass is 35.5. The first-order valence-electron chi connectivity index (χ1n) is 5.47. The third-order valence-electron chi connectivity index (χ3n) is 3.01. The van der Waals surface area contributed by atoms with Gasteiger partial charge in [0.1, 0.15) is 12.0 Å². The molecule has 0 bridgehead atoms. The van der Waals surface area contributed by atoms with E-state index in [0.717, 1.165) is 24.6 Å². The Balaban J connectivity index is 2.31. The number of hydrogen-bond acceptors (Lipinski definition) is 4. The summed E-state index contributed by atoms with van der Waals surface area (Å²) in [5.41, 5.74) is 1.17. The lowest BCUT2D eigenvalue weighted by atomic mass is 9.93. The van der Waals surface area contributed by atoms with E-state index in [-0.39, 0.29) is 0 Å². The summed E-state index contributed by atoms with van der Waals surface area (Å²) < 4.78 is 0. The molecule has 1 aromatic rings. The van der Waals surface area contributed by atoms with E-state index in [1.54, 1.807) is 0 Å². The van der Waals surface area contributed by atoms with Crippen LogP contribution < -0.4 is 10.2 Å². The standard InChI is InChI=1S/C11H17ClN4/c1-11(2)4-5-16(6-11)10-8(13-3)9(12)14-7-15-10/h7,13H,4-6H2,1-3H3. The van der Waals surface area contributed by atoms with Crippen LogP contribution in [0.5, 0.6) is 0 Å². The van der Waals surface area contributed by atoms with Crippen molar-refractivity contribution >= 4 is 23.1 Å². The van der Waals surface area contributed by atoms with Gasteiger partial charge in [-0.3, -0.25) is 0 Å². The van der Waals surface area contributed by atoms with Gasteiger partial charge in [-0.2, -0.15) is 0 Å². The van der Waals surface area contributed by atoms with Crippen molar-refractivity contribution in [2.75, 3.05) is 30.4 Å². The molecule has 1 aliphatic heterocycles. The molecular formula is C11H17ClN4. The molecule has 0 unspecified atom stereocenters. The predicted octanol–water partition coefficient (Wildman–Crippen LogP) is 2.41. The second-order valence-corrected chi connectivity index (χ2v) is 5.31. The lowest BCUT2D eigenvalue weighted by Crippen LogP contribution is -2.24. The minimum absolute atomic E-state index is 0.350. The van der Waals surface area contributed by atoms with E-state index >= 15 is 0 Å². The monoisotopic (exact) mass is 240 g/mol. The summed E-state index contributed by atoms with van der Waals surface area (Å²) >= 11 is 6.04. The van der Waals surface area contributed by atoms with Crippen LogP contribution in [0.15, 0.2) is 6.33 Å². The summed E-state index contributed by atoms with van der Waals surface area (Å²) in [5, 5.41) is 3.55. The van der Waals surface area contributed by atoms with E-state index in [2.05, 4.69) is 34.0 Å². The molecule has 88 valence electrons. The average molecular weight is 241 g/mol. The van der Waals surface area contributed by atoms with Crippen LogP contribution >= 0.6 is 11.6 Å². The SMILES string of the molecule is CNc1c(Cl)ncnc1N1CCC(C)(C)C1. The maximum Gasteiger partial charge on any atom is 0.157 e. The third kappa shape index (κ3) is 2.07. The second-order valence-electron chi connectivity index (χ2n) is 4.95. The molecule has 4 nitrogen and oxygen atoms in total. The number of aromatic nitrogens is 2. The Morgan fingerprint density at radius 2 is 2.19 bits per heavy atom. The zero-order valence-electron chi connectivity index (χ0n) is 9.92. The van der Waals surface area contributed by atoms with Crippen LogP contribution in [0.1, 0.15) is 20.3 Å². The first-order valence-corrected chi connectivity index (χ1v) is 5.84. The Morgan fingerprint density at radius 1 is 1.44 bits per heavy atom. The average Bonchev–Trinajstić information content (AvgIpc) is 2.58. The van der Waals surface area contributed by atoms with Gasteiger partial charge in [-0.15, -0.1) is 0 Å². The number of rotatable bonds is 2. The fourth-order valence-electron chi connectivity index (χ4n) is 2.10. The molecule has 0 atom stereocenters. The summed E-state index contributed by atoms with van der Waals surface area (Å²) in [6, 6.07) is 0. The van der Waals surface area contributed by atoms with Gasteiger partial charge in [0.2, 0.25) is 0 Å². The van der Waals surface area contributed by atoms with Gasteiger partial charge in [0.25, 0.3) is 0 Å². The third-order valence-corrected chi connectivity index (χ3v) is 3.29. The first-order chi connectivity index (χ1) is 7.53. The minimum atomic E-state index is 0.350. The van der Waals surface area contributed by atoms with Crippen molar-refractivity contribution < 1.29 is 0 Å². The van der Waals surface area contributed by atoms with Crippen molar-refractivity contribution in [1.29, 1.82) is 0 Å². The van der Waals surface area contributed by atoms with Crippen LogP contribution in [0.25, 0.3) is 0 Å². The molecule has 0 radical (unpaired) electrons. The Labute approximate surface area is 101 Å². The molecule has 1 N–H and O–H groups in total. The highest BCUT2D eigenvalue weighted by Crippen LogP contribution is 2.36. The molecule has 1 fully saturated rings. The van der Waals surface area contributed by atoms with Crippen LogP contribution in [-0.2, 0) is 0 Å². The summed E-state index contributed by atoms with van der Waals surface area (Å²) in [6.45, 7) is 6.58. The first kappa shape index (κ1) is 11.5. The number of halogens is 1. The number of hydrogen-bond donors (Lipinski definition) is 1. The van der Waals surface area contributed by atoms with E-state index in [9.17, 15) is 0 Å². The highest BCUT2D eigenvalue weighted by molar-refractivity contribution is 6.32. The van der Waals surface area contributed by atoms with Gasteiger partial charge in [0.15, 0.2) is 11.0 Å². The molecule has 2 rings (SSSR count). The summed E-state index contributed by atoms with van der Waals surface area (Å²) in [4.78, 5) is 10.6. The van der Waals surface area contributed by atoms with Crippen molar-refractivity contribution in [2.24, 2.45) is 5.41 Å². The molecule has 0 aromatic carbocycles. The fraction of sp³-hybridized carbons (Fsp3) is 0.636. The molecule has 0 saturated carbocycles. The zero-order valence-corrected chi connectivity index (χ0v) is 10.7. The van der Waals surface area contributed by atoms with Gasteiger partial charge in [-0.05, 0) is 11.8 Å². The molecule has 5 heteroatoms. The van der Waals surface area contributed by atoms with Crippen molar-refractivity contribution in [2.45, 2.75) is 20.3 Å². The molecular weight excluding hydrogens is 224 g/mol. The second kappa shape index (κ2) is 4.09. The highest BCUT2D eigenvalue weighted by Gasteiger charge is 2.31. The van der Waals surface area contributed by atoms with E-state index in [1.165, 1.54) is 12.7 Å². The van der Waals surface area contributed by atoms with E-state index in [4.69, 9.17) is 11.6 Å². The number of nitrogens with zero attached hydrogens (tertiary/aromatic N) is 3. The van der Waals surface area contributed by atoms with Gasteiger partial charge < -0.3 is 10.2 Å². The molecule has 0 amide bonds. The Kier molecular flexibility index (Phi) is 2.93. The van der Waals surface area contributed by atoms with Crippen LogP contribution in [-0.4, -0.2) is 30.1 Å². The number of anilines is 2. The smallest absolute Gasteiger partial charge is 0.157 e. The van der Waals surface area contributed by atoms with Crippen molar-refractivity contribution in [3.8, 4) is 0 Å². The fourth-order valence-corrected chi connectivity index (χ4v) is 2.33. The van der Waals surface area contributed by atoms with Gasteiger partial charge in [-0.25, -0.2) is 9.97 Å². The molecule has 0 aliphatic carbocycles. The molecule has 1 aromatic heterocycles. The normalized spacial score (nSPS) is 18.9. The van der Waals surface area contributed by atoms with Crippen LogP contribution in [0, 0.1) is 5.41 Å². The quantitative estimate of drug-likeness (QED) is 0.806. The van der Waals surface area contributed by atoms with E-state index < -0.39 is 0 Å². The minimum Gasteiger partial charge on any atom is -0.383 e. The van der Waals surface area contributed by atoms with Gasteiger partial charge >= 0.3 is 0 Å². The Bertz CT molecular complexity index is 392. The largest absolute Gasteiger partial charge is 0.383 e. The maximum absolute atomic E-state index is 6.04. The molecule has 0 spiro atoms. The summed E-state index contributed by atoms with van der Waals surface area (Å²) in [6.07, 6.45) is 2.70. The van der Waals surface area contributed by atoms with Gasteiger partial charge in [0.05, 0.1) is 0 Å². The van der Waals surface area contributed by atoms with Crippen molar-refractivity contribution in [1.82, 2.24) is 9.97 Å². The van der Waals surface area contributed by atoms with Crippen molar-refractivity contribution in [3.05, 3.63) is 11.5 Å². The van der Waals surface area contributed by atoms with E-state index in [0.29, 0.717) is 10.6 Å². The Morgan fingerprint density at radius 3 is 2.75 bits per heavy atom. The van der Waals surface area contributed by atoms with E-state index in [1.807, 2.05) is 7.05 Å². The lowest BCUT2D eigenvalue weighted by molar-refractivity contribution is 0.418. The van der Waals surface area contributed by atoms with Crippen LogP contribution in [0.2, 0.25) is 5.15 Å². The van der Waals surface area contributed by atoms with Crippen LogP contribution in [0.4, 0.5) is 11.5 Å². The lowest BCUT2D eigenvalue weighted by Gasteiger charge is -2.22. The topological polar surface area (TPSA) is 41.1 Å². The molecule has 16 heavy (non-hydrogen) atoms. The summed E-state index contributed by atoms with van der Waals surface area (Å²) in [5.74, 6) is 0.910. The molecule has 2 heterocycles. The molecule has 1 aliphatic rings. The maximum atomic E-state index is 6.04. The molecule has 1 saturated heterocycles. The van der Waals surface area contributed by atoms with Crippen molar-refractivity contribution in [3.63, 3.8) is 0 Å². The zero-order chi connectivity index (χ0) is 11.8. The van der Waals surface area contributed by atoms with Gasteiger partial charge in [0, 0.05) is 20.1 Å². The van der Waals surface area contributed by atoms with Gasteiger partial charge in [-0.1, -0.05) is 25.4 Å². The summed E-state index contributed by atoms with van der Waals surface area (Å²) in [7, 11) is 1.84.